The van der Waals surface area contributed by atoms with Crippen LogP contribution in [-0.4, -0.2) is 25.5 Å². The van der Waals surface area contributed by atoms with Crippen LogP contribution in [0.15, 0.2) is 59.7 Å². The number of hydrogen-bond acceptors (Lipinski definition) is 4. The Bertz CT molecular complexity index is 984. The summed E-state index contributed by atoms with van der Waals surface area (Å²) < 4.78 is 1.75. The minimum atomic E-state index is -0.130. The Labute approximate surface area is 142 Å². The van der Waals surface area contributed by atoms with E-state index in [0.717, 1.165) is 22.4 Å². The minimum Gasteiger partial charge on any atom is -0.342 e. The van der Waals surface area contributed by atoms with Crippen LogP contribution in [0.2, 0.25) is 0 Å². The Kier molecular flexibility index (Phi) is 3.59. The van der Waals surface area contributed by atoms with Crippen molar-refractivity contribution in [1.29, 1.82) is 0 Å². The number of H-pyrrole nitrogens is 1. The number of aromatic nitrogens is 4. The van der Waals surface area contributed by atoms with Crippen molar-refractivity contribution < 1.29 is 4.79 Å². The second-order valence-electron chi connectivity index (χ2n) is 5.45. The van der Waals surface area contributed by atoms with Crippen LogP contribution in [0.4, 0.5) is 0 Å². The molecule has 0 amide bonds. The Morgan fingerprint density at radius 3 is 2.71 bits per heavy atom. The lowest BCUT2D eigenvalue weighted by atomic mass is 9.98. The molecule has 0 radical (unpaired) electrons. The number of nitrogens with zero attached hydrogens (tertiary/aromatic N) is 3. The van der Waals surface area contributed by atoms with Crippen molar-refractivity contribution in [2.75, 3.05) is 0 Å². The summed E-state index contributed by atoms with van der Waals surface area (Å²) in [4.78, 5) is 19.6. The largest absolute Gasteiger partial charge is 0.342 e. The molecule has 24 heavy (non-hydrogen) atoms. The maximum Gasteiger partial charge on any atom is 0.228 e. The SMILES string of the molecule is Cn1ccc(-c2cc(C(=O)c3ncc[nH]3)cc(-c3ccsc3)c2)n1. The number of aromatic amines is 1. The first kappa shape index (κ1) is 14.6. The molecule has 6 heteroatoms. The molecular weight excluding hydrogens is 320 g/mol. The van der Waals surface area contributed by atoms with Gasteiger partial charge in [0.15, 0.2) is 5.82 Å². The van der Waals surface area contributed by atoms with E-state index < -0.39 is 0 Å². The van der Waals surface area contributed by atoms with E-state index in [1.807, 2.05) is 42.9 Å². The highest BCUT2D eigenvalue weighted by Gasteiger charge is 2.15. The topological polar surface area (TPSA) is 63.6 Å². The van der Waals surface area contributed by atoms with Crippen LogP contribution >= 0.6 is 11.3 Å². The predicted molar refractivity (Wildman–Crippen MR) is 94.0 cm³/mol. The average Bonchev–Trinajstić information content (AvgIpc) is 3.35. The summed E-state index contributed by atoms with van der Waals surface area (Å²) in [5.74, 6) is 0.207. The molecule has 3 aromatic heterocycles. The third-order valence-corrected chi connectivity index (χ3v) is 4.46. The monoisotopic (exact) mass is 334 g/mol. The van der Waals surface area contributed by atoms with Crippen molar-refractivity contribution in [2.24, 2.45) is 7.05 Å². The van der Waals surface area contributed by atoms with Crippen molar-refractivity contribution in [2.45, 2.75) is 0 Å². The van der Waals surface area contributed by atoms with Gasteiger partial charge in [-0.2, -0.15) is 16.4 Å². The van der Waals surface area contributed by atoms with E-state index in [1.165, 1.54) is 0 Å². The van der Waals surface area contributed by atoms with Gasteiger partial charge < -0.3 is 4.98 Å². The fourth-order valence-corrected chi connectivity index (χ4v) is 3.26. The van der Waals surface area contributed by atoms with Gasteiger partial charge in [-0.15, -0.1) is 0 Å². The Hall–Kier alpha value is -2.99. The van der Waals surface area contributed by atoms with Crippen LogP contribution in [0, 0.1) is 0 Å². The number of aryl methyl sites for hydroxylation is 1. The molecule has 0 unspecified atom stereocenters. The van der Waals surface area contributed by atoms with Crippen LogP contribution in [0.3, 0.4) is 0 Å². The molecule has 0 saturated carbocycles. The summed E-state index contributed by atoms with van der Waals surface area (Å²) in [6.07, 6.45) is 5.12. The molecule has 0 aliphatic rings. The maximum atomic E-state index is 12.7. The van der Waals surface area contributed by atoms with Crippen LogP contribution in [0.1, 0.15) is 16.2 Å². The zero-order valence-electron chi connectivity index (χ0n) is 12.9. The number of ketones is 1. The number of hydrogen-bond donors (Lipinski definition) is 1. The third kappa shape index (κ3) is 2.68. The summed E-state index contributed by atoms with van der Waals surface area (Å²) in [7, 11) is 1.88. The zero-order chi connectivity index (χ0) is 16.5. The Balaban J connectivity index is 1.87. The normalized spacial score (nSPS) is 10.9. The second-order valence-corrected chi connectivity index (χ2v) is 6.23. The number of thiophene rings is 1. The lowest BCUT2D eigenvalue weighted by molar-refractivity contribution is 0.103. The Morgan fingerprint density at radius 1 is 1.17 bits per heavy atom. The molecule has 4 rings (SSSR count). The fraction of sp³-hybridized carbons (Fsp3) is 0.0556. The second kappa shape index (κ2) is 5.90. The summed E-state index contributed by atoms with van der Waals surface area (Å²) in [5.41, 5.74) is 4.42. The quantitative estimate of drug-likeness (QED) is 0.578. The van der Waals surface area contributed by atoms with Crippen LogP contribution in [0.5, 0.6) is 0 Å². The highest BCUT2D eigenvalue weighted by atomic mass is 32.1. The molecule has 5 nitrogen and oxygen atoms in total. The molecule has 4 aromatic rings. The summed E-state index contributed by atoms with van der Waals surface area (Å²) in [6.45, 7) is 0. The van der Waals surface area contributed by atoms with E-state index in [0.29, 0.717) is 11.4 Å². The van der Waals surface area contributed by atoms with Crippen LogP contribution in [-0.2, 0) is 7.05 Å². The maximum absolute atomic E-state index is 12.7. The standard InChI is InChI=1S/C18H14N4OS/c1-22-6-2-16(21-22)14-8-13(12-3-7-24-11-12)9-15(10-14)17(23)18-19-4-5-20-18/h2-11H,1H3,(H,19,20). The molecule has 0 aliphatic carbocycles. The van der Waals surface area contributed by atoms with Gasteiger partial charge in [0.05, 0.1) is 5.69 Å². The molecule has 0 saturated heterocycles. The van der Waals surface area contributed by atoms with Crippen molar-refractivity contribution in [1.82, 2.24) is 19.7 Å². The molecule has 0 bridgehead atoms. The van der Waals surface area contributed by atoms with Crippen molar-refractivity contribution in [3.63, 3.8) is 0 Å². The minimum absolute atomic E-state index is 0.130. The third-order valence-electron chi connectivity index (χ3n) is 3.77. The van der Waals surface area contributed by atoms with Gasteiger partial charge >= 0.3 is 0 Å². The number of benzene rings is 1. The predicted octanol–water partition coefficient (Wildman–Crippen LogP) is 3.77. The first-order valence-corrected chi connectivity index (χ1v) is 8.37. The lowest BCUT2D eigenvalue weighted by Gasteiger charge is -2.07. The van der Waals surface area contributed by atoms with Gasteiger partial charge in [-0.25, -0.2) is 4.98 Å². The smallest absolute Gasteiger partial charge is 0.228 e. The Morgan fingerprint density at radius 2 is 2.04 bits per heavy atom. The lowest BCUT2D eigenvalue weighted by Crippen LogP contribution is -2.04. The zero-order valence-corrected chi connectivity index (χ0v) is 13.7. The van der Waals surface area contributed by atoms with Crippen molar-refractivity contribution >= 4 is 17.1 Å². The van der Waals surface area contributed by atoms with Gasteiger partial charge in [-0.05, 0) is 52.2 Å². The molecule has 3 heterocycles. The average molecular weight is 334 g/mol. The number of rotatable bonds is 4. The van der Waals surface area contributed by atoms with Gasteiger partial charge in [0.25, 0.3) is 0 Å². The van der Waals surface area contributed by atoms with Crippen LogP contribution < -0.4 is 0 Å². The van der Waals surface area contributed by atoms with Crippen molar-refractivity contribution in [3.05, 3.63) is 71.1 Å². The van der Waals surface area contributed by atoms with Gasteiger partial charge in [-0.3, -0.25) is 9.48 Å². The van der Waals surface area contributed by atoms with E-state index in [1.54, 1.807) is 28.4 Å². The van der Waals surface area contributed by atoms with E-state index in [9.17, 15) is 4.79 Å². The van der Waals surface area contributed by atoms with Gasteiger partial charge in [-0.1, -0.05) is 0 Å². The molecule has 0 spiro atoms. The van der Waals surface area contributed by atoms with E-state index in [-0.39, 0.29) is 5.78 Å². The number of carbonyl (C=O) groups is 1. The van der Waals surface area contributed by atoms with Gasteiger partial charge in [0, 0.05) is 36.8 Å². The summed E-state index contributed by atoms with van der Waals surface area (Å²) in [5, 5.41) is 8.54. The molecule has 0 aliphatic heterocycles. The molecular formula is C18H14N4OS. The van der Waals surface area contributed by atoms with Gasteiger partial charge in [0.2, 0.25) is 5.78 Å². The highest BCUT2D eigenvalue weighted by molar-refractivity contribution is 7.08. The summed E-state index contributed by atoms with van der Waals surface area (Å²) >= 11 is 1.63. The van der Waals surface area contributed by atoms with Gasteiger partial charge in [0.1, 0.15) is 0 Å². The summed E-state index contributed by atoms with van der Waals surface area (Å²) in [6, 6.07) is 9.81. The van der Waals surface area contributed by atoms with Crippen LogP contribution in [0.25, 0.3) is 22.4 Å². The van der Waals surface area contributed by atoms with E-state index in [4.69, 9.17) is 0 Å². The fourth-order valence-electron chi connectivity index (χ4n) is 2.60. The molecule has 0 fully saturated rings. The molecule has 118 valence electrons. The first-order chi connectivity index (χ1) is 11.7. The molecule has 0 atom stereocenters. The molecule has 1 aromatic carbocycles. The van der Waals surface area contributed by atoms with E-state index in [2.05, 4.69) is 26.5 Å². The molecule has 1 N–H and O–H groups in total. The van der Waals surface area contributed by atoms with E-state index >= 15 is 0 Å². The number of nitrogens with one attached hydrogen (secondary N) is 1. The first-order valence-electron chi connectivity index (χ1n) is 7.42. The van der Waals surface area contributed by atoms with Crippen molar-refractivity contribution in [3.8, 4) is 22.4 Å². The number of imidazole rings is 1. The number of carbonyl (C=O) groups excluding carboxylic acids is 1. The highest BCUT2D eigenvalue weighted by Crippen LogP contribution is 2.29.